The van der Waals surface area contributed by atoms with E-state index in [2.05, 4.69) is 17.2 Å². The van der Waals surface area contributed by atoms with Crippen molar-refractivity contribution in [1.82, 2.24) is 9.55 Å². The number of carbonyl (C=O) groups excluding carboxylic acids is 1. The second-order valence-electron chi connectivity index (χ2n) is 6.88. The molecule has 4 rings (SSSR count). The molecular weight excluding hydrogens is 382 g/mol. The monoisotopic (exact) mass is 403 g/mol. The summed E-state index contributed by atoms with van der Waals surface area (Å²) in [5.74, 6) is -0.256. The van der Waals surface area contributed by atoms with E-state index in [0.29, 0.717) is 15.9 Å². The third-order valence-corrected chi connectivity index (χ3v) is 6.16. The molecule has 2 aromatic carbocycles. The van der Waals surface area contributed by atoms with Gasteiger partial charge in [0.2, 0.25) is 5.91 Å². The lowest BCUT2D eigenvalue weighted by Crippen LogP contribution is -2.27. The molecule has 146 valence electrons. The molecule has 0 radical (unpaired) electrons. The van der Waals surface area contributed by atoms with Crippen LogP contribution in [0.5, 0.6) is 0 Å². The van der Waals surface area contributed by atoms with Crippen LogP contribution >= 0.6 is 11.3 Å². The number of nitrogens with one attached hydrogen (secondary N) is 1. The quantitative estimate of drug-likeness (QED) is 0.528. The summed E-state index contributed by atoms with van der Waals surface area (Å²) >= 11 is 1.50. The van der Waals surface area contributed by atoms with Crippen molar-refractivity contribution in [1.29, 1.82) is 0 Å². The van der Waals surface area contributed by atoms with Crippen molar-refractivity contribution in [3.05, 3.63) is 82.4 Å². The van der Waals surface area contributed by atoms with E-state index in [1.54, 1.807) is 0 Å². The molecule has 0 aliphatic heterocycles. The van der Waals surface area contributed by atoms with Crippen LogP contribution in [-0.2, 0) is 17.8 Å². The Balaban J connectivity index is 1.61. The van der Waals surface area contributed by atoms with Gasteiger partial charge in [-0.05, 0) is 42.2 Å². The fraction of sp³-hybridized carbons (Fsp3) is 0.174. The highest BCUT2D eigenvalue weighted by Crippen LogP contribution is 2.35. The number of aryl methyl sites for hydroxylation is 2. The summed E-state index contributed by atoms with van der Waals surface area (Å²) in [6, 6.07) is 17.7. The fourth-order valence-corrected chi connectivity index (χ4v) is 4.46. The minimum atomic E-state index is -0.256. The first-order valence-electron chi connectivity index (χ1n) is 9.49. The second-order valence-corrected chi connectivity index (χ2v) is 7.88. The van der Waals surface area contributed by atoms with Crippen LogP contribution in [-0.4, -0.2) is 15.5 Å². The maximum atomic E-state index is 13.0. The van der Waals surface area contributed by atoms with E-state index in [9.17, 15) is 9.59 Å². The van der Waals surface area contributed by atoms with Gasteiger partial charge in [0, 0.05) is 10.6 Å². The molecule has 2 aromatic heterocycles. The number of amides is 1. The molecule has 5 nitrogen and oxygen atoms in total. The zero-order chi connectivity index (χ0) is 20.4. The van der Waals surface area contributed by atoms with Crippen LogP contribution in [0.1, 0.15) is 18.1 Å². The van der Waals surface area contributed by atoms with Crippen molar-refractivity contribution in [3.8, 4) is 10.4 Å². The van der Waals surface area contributed by atoms with Crippen LogP contribution in [0, 0.1) is 6.92 Å². The average molecular weight is 404 g/mol. The maximum absolute atomic E-state index is 13.0. The van der Waals surface area contributed by atoms with Crippen molar-refractivity contribution in [2.75, 3.05) is 5.32 Å². The molecule has 0 atom stereocenters. The minimum Gasteiger partial charge on any atom is -0.325 e. The standard InChI is InChI=1S/C23H21N3O2S/c1-3-16-9-11-18(12-10-16)25-19(27)13-26-14-24-22-20(23(26)28)15(2)21(29-22)17-7-5-4-6-8-17/h4-12,14H,3,13H2,1-2H3,(H,25,27). The Labute approximate surface area is 172 Å². The minimum absolute atomic E-state index is 0.0761. The number of anilines is 1. The number of benzene rings is 2. The van der Waals surface area contributed by atoms with Crippen molar-refractivity contribution < 1.29 is 4.79 Å². The molecule has 0 bridgehead atoms. The summed E-state index contributed by atoms with van der Waals surface area (Å²) in [7, 11) is 0. The molecule has 4 aromatic rings. The molecule has 0 aliphatic rings. The first-order valence-corrected chi connectivity index (χ1v) is 10.3. The third kappa shape index (κ3) is 3.84. The van der Waals surface area contributed by atoms with Gasteiger partial charge in [-0.15, -0.1) is 11.3 Å². The van der Waals surface area contributed by atoms with Gasteiger partial charge in [-0.1, -0.05) is 49.4 Å². The van der Waals surface area contributed by atoms with Gasteiger partial charge in [0.05, 0.1) is 11.7 Å². The molecule has 0 unspecified atom stereocenters. The van der Waals surface area contributed by atoms with Gasteiger partial charge in [0.1, 0.15) is 11.4 Å². The Hall–Kier alpha value is -3.25. The first kappa shape index (κ1) is 19.1. The van der Waals surface area contributed by atoms with Crippen LogP contribution < -0.4 is 10.9 Å². The van der Waals surface area contributed by atoms with Gasteiger partial charge in [0.25, 0.3) is 5.56 Å². The van der Waals surface area contributed by atoms with E-state index in [1.807, 2.05) is 61.5 Å². The molecule has 29 heavy (non-hydrogen) atoms. The number of thiophene rings is 1. The van der Waals surface area contributed by atoms with Crippen molar-refractivity contribution in [2.45, 2.75) is 26.8 Å². The van der Waals surface area contributed by atoms with Crippen molar-refractivity contribution >= 4 is 33.1 Å². The summed E-state index contributed by atoms with van der Waals surface area (Å²) in [4.78, 5) is 31.6. The lowest BCUT2D eigenvalue weighted by Gasteiger charge is -2.08. The molecule has 0 fully saturated rings. The zero-order valence-electron chi connectivity index (χ0n) is 16.3. The second kappa shape index (κ2) is 8.01. The number of hydrogen-bond acceptors (Lipinski definition) is 4. The largest absolute Gasteiger partial charge is 0.325 e. The van der Waals surface area contributed by atoms with Gasteiger partial charge in [0.15, 0.2) is 0 Å². The Bertz CT molecular complexity index is 1220. The maximum Gasteiger partial charge on any atom is 0.262 e. The fourth-order valence-electron chi connectivity index (χ4n) is 3.32. The Morgan fingerprint density at radius 1 is 1.10 bits per heavy atom. The Morgan fingerprint density at radius 3 is 2.52 bits per heavy atom. The highest BCUT2D eigenvalue weighted by atomic mass is 32.1. The smallest absolute Gasteiger partial charge is 0.262 e. The van der Waals surface area contributed by atoms with Gasteiger partial charge < -0.3 is 5.32 Å². The molecule has 0 saturated carbocycles. The van der Waals surface area contributed by atoms with E-state index in [1.165, 1.54) is 27.8 Å². The lowest BCUT2D eigenvalue weighted by molar-refractivity contribution is -0.116. The predicted molar refractivity (Wildman–Crippen MR) is 119 cm³/mol. The van der Waals surface area contributed by atoms with E-state index < -0.39 is 0 Å². The number of fused-ring (bicyclic) bond motifs is 1. The zero-order valence-corrected chi connectivity index (χ0v) is 17.1. The van der Waals surface area contributed by atoms with Crippen LogP contribution in [0.4, 0.5) is 5.69 Å². The van der Waals surface area contributed by atoms with Crippen LogP contribution in [0.25, 0.3) is 20.7 Å². The highest BCUT2D eigenvalue weighted by molar-refractivity contribution is 7.22. The lowest BCUT2D eigenvalue weighted by atomic mass is 10.1. The van der Waals surface area contributed by atoms with Crippen molar-refractivity contribution in [3.63, 3.8) is 0 Å². The van der Waals surface area contributed by atoms with Gasteiger partial charge >= 0.3 is 0 Å². The van der Waals surface area contributed by atoms with Crippen LogP contribution in [0.2, 0.25) is 0 Å². The van der Waals surface area contributed by atoms with E-state index in [4.69, 9.17) is 0 Å². The van der Waals surface area contributed by atoms with E-state index in [-0.39, 0.29) is 18.0 Å². The number of rotatable bonds is 5. The molecule has 2 heterocycles. The SMILES string of the molecule is CCc1ccc(NC(=O)Cn2cnc3sc(-c4ccccc4)c(C)c3c2=O)cc1. The molecule has 0 spiro atoms. The summed E-state index contributed by atoms with van der Waals surface area (Å²) < 4.78 is 1.37. The van der Waals surface area contributed by atoms with E-state index >= 15 is 0 Å². The van der Waals surface area contributed by atoms with Gasteiger partial charge in [-0.25, -0.2) is 4.98 Å². The number of hydrogen-bond donors (Lipinski definition) is 1. The molecule has 0 aliphatic carbocycles. The van der Waals surface area contributed by atoms with Crippen LogP contribution in [0.15, 0.2) is 65.7 Å². The highest BCUT2D eigenvalue weighted by Gasteiger charge is 2.16. The number of aromatic nitrogens is 2. The van der Waals surface area contributed by atoms with Crippen molar-refractivity contribution in [2.24, 2.45) is 0 Å². The summed E-state index contributed by atoms with van der Waals surface area (Å²) in [5, 5.41) is 3.42. The molecule has 1 amide bonds. The Kier molecular flexibility index (Phi) is 5.27. The normalized spacial score (nSPS) is 11.0. The Morgan fingerprint density at radius 2 is 1.83 bits per heavy atom. The third-order valence-electron chi connectivity index (χ3n) is 4.91. The first-order chi connectivity index (χ1) is 14.1. The number of carbonyl (C=O) groups is 1. The van der Waals surface area contributed by atoms with Gasteiger partial charge in [-0.2, -0.15) is 0 Å². The van der Waals surface area contributed by atoms with E-state index in [0.717, 1.165) is 22.4 Å². The number of nitrogens with zero attached hydrogens (tertiary/aromatic N) is 2. The summed E-state index contributed by atoms with van der Waals surface area (Å²) in [5.41, 5.74) is 3.69. The summed E-state index contributed by atoms with van der Waals surface area (Å²) in [6.45, 7) is 3.94. The molecule has 1 N–H and O–H groups in total. The molecular formula is C23H21N3O2S. The molecule has 6 heteroatoms. The average Bonchev–Trinajstić information content (AvgIpc) is 3.08. The summed E-state index contributed by atoms with van der Waals surface area (Å²) in [6.07, 6.45) is 2.40. The molecule has 0 saturated heterocycles. The van der Waals surface area contributed by atoms with Crippen LogP contribution in [0.3, 0.4) is 0 Å². The van der Waals surface area contributed by atoms with Gasteiger partial charge in [-0.3, -0.25) is 14.2 Å². The topological polar surface area (TPSA) is 64.0 Å². The predicted octanol–water partition coefficient (Wildman–Crippen LogP) is 4.63.